The van der Waals surface area contributed by atoms with Crippen molar-refractivity contribution >= 4 is 5.82 Å². The summed E-state index contributed by atoms with van der Waals surface area (Å²) in [7, 11) is 0. The smallest absolute Gasteiger partial charge is 0.167 e. The number of hydrogen-bond donors (Lipinski definition) is 2. The Hall–Kier alpha value is -2.80. The fourth-order valence-electron chi connectivity index (χ4n) is 3.69. The predicted molar refractivity (Wildman–Crippen MR) is 110 cm³/mol. The van der Waals surface area contributed by atoms with E-state index in [4.69, 9.17) is 4.98 Å². The molecule has 0 amide bonds. The number of rotatable bonds is 5. The topological polar surface area (TPSA) is 82.6 Å². The molecule has 3 heterocycles. The lowest BCUT2D eigenvalue weighted by atomic mass is 10.0. The van der Waals surface area contributed by atoms with Gasteiger partial charge in [0.1, 0.15) is 11.6 Å². The van der Waals surface area contributed by atoms with E-state index in [1.165, 1.54) is 0 Å². The second-order valence-electron chi connectivity index (χ2n) is 7.49. The molecule has 1 fully saturated rings. The van der Waals surface area contributed by atoms with E-state index < -0.39 is 0 Å². The van der Waals surface area contributed by atoms with Crippen LogP contribution in [0.2, 0.25) is 0 Å². The van der Waals surface area contributed by atoms with E-state index in [0.717, 1.165) is 60.5 Å². The van der Waals surface area contributed by atoms with Crippen LogP contribution in [0, 0.1) is 13.8 Å². The van der Waals surface area contributed by atoms with Crippen molar-refractivity contribution in [3.8, 4) is 11.4 Å². The van der Waals surface area contributed by atoms with Gasteiger partial charge in [0.15, 0.2) is 11.6 Å². The SMILES string of the molecule is Cc1cc(N2CCC(NC(C)c3n[nH]c(C)n3)CC2)nc(-c2ccccc2)n1. The van der Waals surface area contributed by atoms with Crippen molar-refractivity contribution in [1.29, 1.82) is 0 Å². The van der Waals surface area contributed by atoms with E-state index >= 15 is 0 Å². The van der Waals surface area contributed by atoms with Crippen LogP contribution in [0.15, 0.2) is 36.4 Å². The molecule has 0 radical (unpaired) electrons. The van der Waals surface area contributed by atoms with E-state index in [0.29, 0.717) is 6.04 Å². The number of benzene rings is 1. The maximum Gasteiger partial charge on any atom is 0.167 e. The molecule has 7 heteroatoms. The first-order chi connectivity index (χ1) is 13.6. The van der Waals surface area contributed by atoms with Gasteiger partial charge in [0.25, 0.3) is 0 Å². The van der Waals surface area contributed by atoms with Gasteiger partial charge in [0.2, 0.25) is 0 Å². The molecule has 0 bridgehead atoms. The highest BCUT2D eigenvalue weighted by atomic mass is 15.2. The second-order valence-corrected chi connectivity index (χ2v) is 7.49. The van der Waals surface area contributed by atoms with Crippen LogP contribution in [-0.4, -0.2) is 44.3 Å². The summed E-state index contributed by atoms with van der Waals surface area (Å²) >= 11 is 0. The Kier molecular flexibility index (Phi) is 5.34. The van der Waals surface area contributed by atoms with E-state index in [1.807, 2.05) is 32.0 Å². The Morgan fingerprint density at radius 1 is 1.07 bits per heavy atom. The van der Waals surface area contributed by atoms with Crippen molar-refractivity contribution in [2.45, 2.75) is 45.7 Å². The zero-order chi connectivity index (χ0) is 19.5. The normalized spacial score (nSPS) is 16.3. The zero-order valence-corrected chi connectivity index (χ0v) is 16.7. The van der Waals surface area contributed by atoms with Gasteiger partial charge in [0, 0.05) is 36.5 Å². The minimum Gasteiger partial charge on any atom is -0.356 e. The lowest BCUT2D eigenvalue weighted by Gasteiger charge is -2.34. The van der Waals surface area contributed by atoms with Gasteiger partial charge in [-0.2, -0.15) is 5.10 Å². The maximum atomic E-state index is 4.83. The minimum absolute atomic E-state index is 0.146. The molecule has 1 atom stereocenters. The molecule has 1 aliphatic heterocycles. The molecule has 7 nitrogen and oxygen atoms in total. The molecular formula is C21H27N7. The van der Waals surface area contributed by atoms with Gasteiger partial charge < -0.3 is 10.2 Å². The fourth-order valence-corrected chi connectivity index (χ4v) is 3.69. The summed E-state index contributed by atoms with van der Waals surface area (Å²) < 4.78 is 0. The molecule has 28 heavy (non-hydrogen) atoms. The number of aryl methyl sites for hydroxylation is 2. The van der Waals surface area contributed by atoms with Crippen LogP contribution in [0.4, 0.5) is 5.82 Å². The first kappa shape index (κ1) is 18.6. The molecular weight excluding hydrogens is 350 g/mol. The van der Waals surface area contributed by atoms with E-state index in [1.54, 1.807) is 0 Å². The quantitative estimate of drug-likeness (QED) is 0.710. The van der Waals surface area contributed by atoms with Crippen molar-refractivity contribution < 1.29 is 0 Å². The summed E-state index contributed by atoms with van der Waals surface area (Å²) in [5.74, 6) is 3.50. The number of piperidine rings is 1. The molecule has 0 aliphatic carbocycles. The molecule has 3 aromatic rings. The third-order valence-corrected chi connectivity index (χ3v) is 5.18. The monoisotopic (exact) mass is 377 g/mol. The molecule has 4 rings (SSSR count). The van der Waals surface area contributed by atoms with Crippen LogP contribution < -0.4 is 10.2 Å². The summed E-state index contributed by atoms with van der Waals surface area (Å²) in [5.41, 5.74) is 2.05. The Morgan fingerprint density at radius 3 is 2.50 bits per heavy atom. The highest BCUT2D eigenvalue weighted by Gasteiger charge is 2.23. The van der Waals surface area contributed by atoms with Gasteiger partial charge in [-0.1, -0.05) is 30.3 Å². The largest absolute Gasteiger partial charge is 0.356 e. The van der Waals surface area contributed by atoms with Crippen LogP contribution in [0.5, 0.6) is 0 Å². The number of nitrogens with one attached hydrogen (secondary N) is 2. The summed E-state index contributed by atoms with van der Waals surface area (Å²) in [5, 5.41) is 10.8. The third kappa shape index (κ3) is 4.20. The molecule has 1 aliphatic rings. The Labute approximate surface area is 165 Å². The minimum atomic E-state index is 0.146. The van der Waals surface area contributed by atoms with Gasteiger partial charge in [-0.3, -0.25) is 5.10 Å². The van der Waals surface area contributed by atoms with Gasteiger partial charge in [-0.05, 0) is 33.6 Å². The molecule has 2 N–H and O–H groups in total. The van der Waals surface area contributed by atoms with Crippen LogP contribution in [0.25, 0.3) is 11.4 Å². The van der Waals surface area contributed by atoms with E-state index in [9.17, 15) is 0 Å². The van der Waals surface area contributed by atoms with Gasteiger partial charge in [0.05, 0.1) is 6.04 Å². The lowest BCUT2D eigenvalue weighted by Crippen LogP contribution is -2.43. The van der Waals surface area contributed by atoms with E-state index in [2.05, 4.69) is 55.5 Å². The highest BCUT2D eigenvalue weighted by molar-refractivity contribution is 5.57. The summed E-state index contributed by atoms with van der Waals surface area (Å²) in [4.78, 5) is 16.2. The predicted octanol–water partition coefficient (Wildman–Crippen LogP) is 3.20. The molecule has 1 unspecified atom stereocenters. The molecule has 1 aromatic carbocycles. The number of aromatic amines is 1. The van der Waals surface area contributed by atoms with E-state index in [-0.39, 0.29) is 6.04 Å². The standard InChI is InChI=1S/C21H27N7/c1-14-13-19(25-21(22-14)17-7-5-4-6-8-17)28-11-9-18(10-12-28)23-15(2)20-24-16(3)26-27-20/h4-8,13,15,18,23H,9-12H2,1-3H3,(H,24,26,27). The summed E-state index contributed by atoms with van der Waals surface area (Å²) in [6.07, 6.45) is 2.13. The molecule has 0 spiro atoms. The Morgan fingerprint density at radius 2 is 1.82 bits per heavy atom. The molecule has 2 aromatic heterocycles. The van der Waals surface area contributed by atoms with Crippen LogP contribution in [0.3, 0.4) is 0 Å². The van der Waals surface area contributed by atoms with Crippen molar-refractivity contribution in [3.05, 3.63) is 53.7 Å². The highest BCUT2D eigenvalue weighted by Crippen LogP contribution is 2.23. The van der Waals surface area contributed by atoms with Crippen LogP contribution in [-0.2, 0) is 0 Å². The van der Waals surface area contributed by atoms with Crippen molar-refractivity contribution in [1.82, 2.24) is 30.5 Å². The first-order valence-corrected chi connectivity index (χ1v) is 9.89. The first-order valence-electron chi connectivity index (χ1n) is 9.89. The molecule has 1 saturated heterocycles. The van der Waals surface area contributed by atoms with Gasteiger partial charge >= 0.3 is 0 Å². The fraction of sp³-hybridized carbons (Fsp3) is 0.429. The van der Waals surface area contributed by atoms with Gasteiger partial charge in [-0.25, -0.2) is 15.0 Å². The molecule has 0 saturated carbocycles. The number of anilines is 1. The number of H-pyrrole nitrogens is 1. The number of hydrogen-bond acceptors (Lipinski definition) is 6. The molecule has 146 valence electrons. The average Bonchev–Trinajstić information content (AvgIpc) is 3.15. The summed E-state index contributed by atoms with van der Waals surface area (Å²) in [6, 6.07) is 12.9. The maximum absolute atomic E-state index is 4.83. The average molecular weight is 377 g/mol. The van der Waals surface area contributed by atoms with Gasteiger partial charge in [-0.15, -0.1) is 0 Å². The van der Waals surface area contributed by atoms with Crippen LogP contribution in [0.1, 0.15) is 43.1 Å². The van der Waals surface area contributed by atoms with Crippen LogP contribution >= 0.6 is 0 Å². The lowest BCUT2D eigenvalue weighted by molar-refractivity contribution is 0.373. The number of aromatic nitrogens is 5. The Bertz CT molecular complexity index is 914. The zero-order valence-electron chi connectivity index (χ0n) is 16.7. The van der Waals surface area contributed by atoms with Crippen molar-refractivity contribution in [3.63, 3.8) is 0 Å². The van der Waals surface area contributed by atoms with Crippen molar-refractivity contribution in [2.75, 3.05) is 18.0 Å². The summed E-state index contributed by atoms with van der Waals surface area (Å²) in [6.45, 7) is 8.03. The van der Waals surface area contributed by atoms with Crippen molar-refractivity contribution in [2.24, 2.45) is 0 Å². The third-order valence-electron chi connectivity index (χ3n) is 5.18. The number of nitrogens with zero attached hydrogens (tertiary/aromatic N) is 5. The second kappa shape index (κ2) is 8.06. The Balaban J connectivity index is 1.40.